The summed E-state index contributed by atoms with van der Waals surface area (Å²) in [5, 5.41) is 23.9. The van der Waals surface area contributed by atoms with Gasteiger partial charge in [-0.05, 0) is 47.2 Å². The zero-order chi connectivity index (χ0) is 20.0. The summed E-state index contributed by atoms with van der Waals surface area (Å²) in [4.78, 5) is 12.6. The number of fused-ring (bicyclic) bond motifs is 3. The Bertz CT molecular complexity index is 1400. The van der Waals surface area contributed by atoms with Crippen LogP contribution in [0.25, 0.3) is 22.4 Å². The summed E-state index contributed by atoms with van der Waals surface area (Å²) in [5.41, 5.74) is 3.55. The Morgan fingerprint density at radius 2 is 1.97 bits per heavy atom. The monoisotopic (exact) mass is 387 g/mol. The molecule has 10 heteroatoms. The van der Waals surface area contributed by atoms with Gasteiger partial charge in [0.15, 0.2) is 5.82 Å². The van der Waals surface area contributed by atoms with E-state index in [1.165, 1.54) is 4.57 Å². The standard InChI is InChI=1S/C19H17N9O/c1-12-7-8-13(27-11-21-24-25-27)9-15(12)20-10-17-22-23-19-26(2)18(29)14-5-3-4-6-16(14)28(17)19/h3-9,11,20H,10H2,1-2H3. The van der Waals surface area contributed by atoms with Gasteiger partial charge in [0.05, 0.1) is 23.1 Å². The summed E-state index contributed by atoms with van der Waals surface area (Å²) in [7, 11) is 1.70. The molecule has 0 spiro atoms. The number of rotatable bonds is 4. The lowest BCUT2D eigenvalue weighted by molar-refractivity contribution is 0.789. The van der Waals surface area contributed by atoms with Crippen molar-refractivity contribution in [3.8, 4) is 5.69 Å². The fourth-order valence-corrected chi connectivity index (χ4v) is 3.40. The zero-order valence-corrected chi connectivity index (χ0v) is 15.8. The van der Waals surface area contributed by atoms with Gasteiger partial charge in [-0.15, -0.1) is 15.3 Å². The molecule has 0 aliphatic rings. The molecular formula is C19H17N9O. The first-order valence-corrected chi connectivity index (χ1v) is 9.03. The van der Waals surface area contributed by atoms with Crippen molar-refractivity contribution >= 4 is 22.4 Å². The van der Waals surface area contributed by atoms with Crippen LogP contribution in [-0.2, 0) is 13.6 Å². The van der Waals surface area contributed by atoms with E-state index in [9.17, 15) is 4.79 Å². The minimum absolute atomic E-state index is 0.0926. The third-order valence-electron chi connectivity index (χ3n) is 4.96. The lowest BCUT2D eigenvalue weighted by Crippen LogP contribution is -2.20. The highest BCUT2D eigenvalue weighted by molar-refractivity contribution is 5.80. The smallest absolute Gasteiger partial charge is 0.262 e. The summed E-state index contributed by atoms with van der Waals surface area (Å²) in [6.45, 7) is 2.45. The molecule has 0 aliphatic heterocycles. The molecule has 0 unspecified atom stereocenters. The van der Waals surface area contributed by atoms with Crippen molar-refractivity contribution in [3.63, 3.8) is 0 Å². The molecule has 3 aromatic heterocycles. The van der Waals surface area contributed by atoms with Crippen LogP contribution in [0.3, 0.4) is 0 Å². The van der Waals surface area contributed by atoms with Crippen molar-refractivity contribution in [1.82, 2.24) is 39.4 Å². The van der Waals surface area contributed by atoms with E-state index >= 15 is 0 Å². The Balaban J connectivity index is 1.56. The Labute approximate surface area is 164 Å². The molecule has 0 aliphatic carbocycles. The van der Waals surface area contributed by atoms with Gasteiger partial charge in [0.2, 0.25) is 5.78 Å². The molecule has 29 heavy (non-hydrogen) atoms. The van der Waals surface area contributed by atoms with E-state index in [1.54, 1.807) is 18.1 Å². The highest BCUT2D eigenvalue weighted by Crippen LogP contribution is 2.20. The van der Waals surface area contributed by atoms with Crippen LogP contribution in [0.1, 0.15) is 11.4 Å². The van der Waals surface area contributed by atoms with E-state index in [0.29, 0.717) is 23.5 Å². The molecular weight excluding hydrogens is 370 g/mol. The fraction of sp³-hybridized carbons (Fsp3) is 0.158. The average molecular weight is 387 g/mol. The molecule has 0 radical (unpaired) electrons. The van der Waals surface area contributed by atoms with Gasteiger partial charge >= 0.3 is 0 Å². The normalized spacial score (nSPS) is 11.4. The fourth-order valence-electron chi connectivity index (χ4n) is 3.40. The summed E-state index contributed by atoms with van der Waals surface area (Å²) < 4.78 is 5.02. The molecule has 144 valence electrons. The van der Waals surface area contributed by atoms with Crippen molar-refractivity contribution < 1.29 is 0 Å². The molecule has 0 amide bonds. The van der Waals surface area contributed by atoms with Gasteiger partial charge in [-0.3, -0.25) is 13.8 Å². The van der Waals surface area contributed by atoms with Crippen molar-refractivity contribution in [2.75, 3.05) is 5.32 Å². The summed E-state index contributed by atoms with van der Waals surface area (Å²) in [6, 6.07) is 13.4. The number of nitrogens with one attached hydrogen (secondary N) is 1. The van der Waals surface area contributed by atoms with E-state index in [-0.39, 0.29) is 5.56 Å². The third-order valence-corrected chi connectivity index (χ3v) is 4.96. The van der Waals surface area contributed by atoms with Gasteiger partial charge in [-0.1, -0.05) is 18.2 Å². The second kappa shape index (κ2) is 6.51. The SMILES string of the molecule is Cc1ccc(-n2cnnn2)cc1NCc1nnc2n(C)c(=O)c3ccccc3n12. The van der Waals surface area contributed by atoms with Crippen molar-refractivity contribution in [1.29, 1.82) is 0 Å². The first kappa shape index (κ1) is 17.0. The predicted molar refractivity (Wildman–Crippen MR) is 107 cm³/mol. The van der Waals surface area contributed by atoms with Gasteiger partial charge in [0.25, 0.3) is 5.56 Å². The molecule has 1 N–H and O–H groups in total. The number of para-hydroxylation sites is 1. The maximum Gasteiger partial charge on any atom is 0.262 e. The number of aromatic nitrogens is 8. The quantitative estimate of drug-likeness (QED) is 0.497. The highest BCUT2D eigenvalue weighted by atomic mass is 16.1. The first-order valence-electron chi connectivity index (χ1n) is 9.03. The lowest BCUT2D eigenvalue weighted by atomic mass is 10.2. The number of hydrogen-bond donors (Lipinski definition) is 1. The second-order valence-electron chi connectivity index (χ2n) is 6.74. The molecule has 0 bridgehead atoms. The summed E-state index contributed by atoms with van der Waals surface area (Å²) >= 11 is 0. The highest BCUT2D eigenvalue weighted by Gasteiger charge is 2.14. The Morgan fingerprint density at radius 3 is 2.79 bits per heavy atom. The molecule has 5 rings (SSSR count). The van der Waals surface area contributed by atoms with E-state index < -0.39 is 0 Å². The van der Waals surface area contributed by atoms with Crippen LogP contribution in [0.15, 0.2) is 53.6 Å². The first-order chi connectivity index (χ1) is 14.1. The van der Waals surface area contributed by atoms with Crippen molar-refractivity contribution in [2.45, 2.75) is 13.5 Å². The van der Waals surface area contributed by atoms with Gasteiger partial charge in [-0.25, -0.2) is 4.68 Å². The minimum atomic E-state index is -0.0926. The predicted octanol–water partition coefficient (Wildman–Crippen LogP) is 1.48. The van der Waals surface area contributed by atoms with Crippen molar-refractivity contribution in [2.24, 2.45) is 7.05 Å². The average Bonchev–Trinajstić information content (AvgIpc) is 3.42. The summed E-state index contributed by atoms with van der Waals surface area (Å²) in [6.07, 6.45) is 1.55. The Kier molecular flexibility index (Phi) is 3.83. The van der Waals surface area contributed by atoms with Gasteiger partial charge in [0, 0.05) is 12.7 Å². The molecule has 0 saturated carbocycles. The molecule has 3 heterocycles. The molecule has 5 aromatic rings. The topological polar surface area (TPSA) is 108 Å². The number of hydrogen-bond acceptors (Lipinski definition) is 7. The van der Waals surface area contributed by atoms with Crippen LogP contribution >= 0.6 is 0 Å². The maximum atomic E-state index is 12.6. The van der Waals surface area contributed by atoms with Crippen molar-refractivity contribution in [3.05, 3.63) is 70.5 Å². The van der Waals surface area contributed by atoms with E-state index in [1.807, 2.05) is 53.8 Å². The molecule has 2 aromatic carbocycles. The Hall–Kier alpha value is -4.08. The number of benzene rings is 2. The van der Waals surface area contributed by atoms with Crippen LogP contribution in [0.2, 0.25) is 0 Å². The molecule has 0 atom stereocenters. The third kappa shape index (κ3) is 2.73. The number of tetrazole rings is 1. The summed E-state index contributed by atoms with van der Waals surface area (Å²) in [5.74, 6) is 1.21. The van der Waals surface area contributed by atoms with Gasteiger partial charge < -0.3 is 5.32 Å². The maximum absolute atomic E-state index is 12.6. The minimum Gasteiger partial charge on any atom is -0.377 e. The van der Waals surface area contributed by atoms with Crippen LogP contribution < -0.4 is 10.9 Å². The Morgan fingerprint density at radius 1 is 1.10 bits per heavy atom. The van der Waals surface area contributed by atoms with Crippen LogP contribution in [-0.4, -0.2) is 39.4 Å². The molecule has 10 nitrogen and oxygen atoms in total. The van der Waals surface area contributed by atoms with E-state index in [4.69, 9.17) is 0 Å². The number of nitrogens with zero attached hydrogens (tertiary/aromatic N) is 8. The van der Waals surface area contributed by atoms with Crippen LogP contribution in [0.4, 0.5) is 5.69 Å². The second-order valence-corrected chi connectivity index (χ2v) is 6.74. The van der Waals surface area contributed by atoms with Gasteiger partial charge in [-0.2, -0.15) is 0 Å². The number of aryl methyl sites for hydroxylation is 2. The van der Waals surface area contributed by atoms with E-state index in [2.05, 4.69) is 31.0 Å². The van der Waals surface area contributed by atoms with E-state index in [0.717, 1.165) is 22.5 Å². The lowest BCUT2D eigenvalue weighted by Gasteiger charge is -2.12. The molecule has 0 saturated heterocycles. The van der Waals surface area contributed by atoms with Gasteiger partial charge in [0.1, 0.15) is 6.33 Å². The largest absolute Gasteiger partial charge is 0.377 e. The van der Waals surface area contributed by atoms with Crippen LogP contribution in [0, 0.1) is 6.92 Å². The molecule has 0 fully saturated rings. The number of anilines is 1. The van der Waals surface area contributed by atoms with Crippen LogP contribution in [0.5, 0.6) is 0 Å². The zero-order valence-electron chi connectivity index (χ0n) is 15.8.